The van der Waals surface area contributed by atoms with Crippen molar-refractivity contribution < 1.29 is 10.2 Å². The van der Waals surface area contributed by atoms with Crippen LogP contribution in [0.1, 0.15) is 115 Å². The zero-order chi connectivity index (χ0) is 25.1. The van der Waals surface area contributed by atoms with Crippen molar-refractivity contribution in [3.05, 3.63) is 39.5 Å². The van der Waals surface area contributed by atoms with Crippen LogP contribution in [-0.4, -0.2) is 34.2 Å². The van der Waals surface area contributed by atoms with Gasteiger partial charge in [-0.2, -0.15) is 0 Å². The Bertz CT molecular complexity index is 857. The zero-order valence-corrected chi connectivity index (χ0v) is 26.0. The van der Waals surface area contributed by atoms with Gasteiger partial charge in [0.05, 0.1) is 0 Å². The topological polar surface area (TPSA) is 40.5 Å². The Labute approximate surface area is 219 Å². The molecular formula is C32H52O2Sn. The van der Waals surface area contributed by atoms with E-state index in [1.165, 1.54) is 82.2 Å². The van der Waals surface area contributed by atoms with E-state index >= 15 is 0 Å². The number of unbranched alkanes of at least 4 members (excludes halogenated alkanes) is 3. The number of benzene rings is 1. The normalized spacial score (nSPS) is 32.4. The molecule has 1 aromatic carbocycles. The molecule has 3 aliphatic carbocycles. The van der Waals surface area contributed by atoms with Gasteiger partial charge in [-0.05, 0) is 0 Å². The molecule has 0 bridgehead atoms. The summed E-state index contributed by atoms with van der Waals surface area (Å²) in [5.41, 5.74) is 2.24. The van der Waals surface area contributed by atoms with E-state index in [0.29, 0.717) is 23.5 Å². The molecule has 0 aliphatic heterocycles. The number of aromatic hydroxyl groups is 1. The fourth-order valence-electron chi connectivity index (χ4n) is 8.42. The van der Waals surface area contributed by atoms with E-state index in [9.17, 15) is 10.2 Å². The molecule has 0 heterocycles. The van der Waals surface area contributed by atoms with E-state index in [0.717, 1.165) is 19.3 Å². The van der Waals surface area contributed by atoms with Crippen LogP contribution in [0.3, 0.4) is 0 Å². The monoisotopic (exact) mass is 588 g/mol. The Kier molecular flexibility index (Phi) is 9.05. The predicted molar refractivity (Wildman–Crippen MR) is 152 cm³/mol. The van der Waals surface area contributed by atoms with Crippen LogP contribution < -0.4 is 0 Å². The first kappa shape index (κ1) is 27.6. The van der Waals surface area contributed by atoms with Crippen LogP contribution in [0.15, 0.2) is 28.4 Å². The Morgan fingerprint density at radius 2 is 1.60 bits per heavy atom. The standard InChI is InChI=1S/C20H25O2.3C4H9.Sn/c1-3-20(22)11-9-18-17-6-4-13-12-14(21)5-7-15(13)16(17)8-10-19(18,20)2;3*1-3-4-2;/h1,3,5,7,12,16-18,21-22H,4,6,8-11H2,2H3;3*1,3-4H2,2H3;/t16-,17-,18+,19+,20+;;;;/m1..../s1. The minimum absolute atomic E-state index is 0.0109. The number of phenolic OH excluding ortho intramolecular Hbond substituents is 1. The third-order valence-corrected chi connectivity index (χ3v) is 24.8. The molecule has 0 radical (unpaired) electrons. The van der Waals surface area contributed by atoms with Crippen molar-refractivity contribution in [3.63, 3.8) is 0 Å². The first-order chi connectivity index (χ1) is 16.8. The zero-order valence-electron chi connectivity index (χ0n) is 23.1. The molecule has 2 N–H and O–H groups in total. The number of rotatable bonds is 11. The van der Waals surface area contributed by atoms with Crippen LogP contribution >= 0.6 is 0 Å². The molecule has 2 fully saturated rings. The average Bonchev–Trinajstić information content (AvgIpc) is 3.13. The molecule has 3 aliphatic rings. The molecule has 5 atom stereocenters. The molecule has 35 heavy (non-hydrogen) atoms. The van der Waals surface area contributed by atoms with Crippen LogP contribution in [0, 0.1) is 17.3 Å². The molecule has 0 aromatic heterocycles. The summed E-state index contributed by atoms with van der Waals surface area (Å²) in [4.78, 5) is 0. The predicted octanol–water partition coefficient (Wildman–Crippen LogP) is 8.92. The molecule has 196 valence electrons. The average molecular weight is 587 g/mol. The third kappa shape index (κ3) is 5.40. The van der Waals surface area contributed by atoms with Gasteiger partial charge in [-0.3, -0.25) is 0 Å². The van der Waals surface area contributed by atoms with Crippen molar-refractivity contribution >= 4 is 18.4 Å². The van der Waals surface area contributed by atoms with Crippen molar-refractivity contribution in [1.29, 1.82) is 0 Å². The first-order valence-electron chi connectivity index (χ1n) is 15.1. The molecule has 0 amide bonds. The quantitative estimate of drug-likeness (QED) is 0.254. The molecule has 0 unspecified atom stereocenters. The molecule has 0 spiro atoms. The van der Waals surface area contributed by atoms with Crippen LogP contribution in [0.2, 0.25) is 13.3 Å². The van der Waals surface area contributed by atoms with E-state index in [1.54, 1.807) is 0 Å². The van der Waals surface area contributed by atoms with Crippen molar-refractivity contribution in [1.82, 2.24) is 0 Å². The van der Waals surface area contributed by atoms with E-state index in [4.69, 9.17) is 0 Å². The summed E-state index contributed by atoms with van der Waals surface area (Å²) in [5, 5.41) is 22.3. The van der Waals surface area contributed by atoms with Crippen molar-refractivity contribution in [2.24, 2.45) is 17.3 Å². The Balaban J connectivity index is 1.58. The van der Waals surface area contributed by atoms with Crippen LogP contribution in [-0.2, 0) is 6.42 Å². The maximum absolute atomic E-state index is 12.3. The van der Waals surface area contributed by atoms with Gasteiger partial charge in [0.25, 0.3) is 0 Å². The molecular weight excluding hydrogens is 535 g/mol. The van der Waals surface area contributed by atoms with E-state index in [-0.39, 0.29) is 5.41 Å². The van der Waals surface area contributed by atoms with Gasteiger partial charge in [-0.15, -0.1) is 0 Å². The van der Waals surface area contributed by atoms with Crippen molar-refractivity contribution in [3.8, 4) is 5.75 Å². The Morgan fingerprint density at radius 3 is 2.23 bits per heavy atom. The van der Waals surface area contributed by atoms with Gasteiger partial charge in [0.1, 0.15) is 0 Å². The molecule has 4 rings (SSSR count). The summed E-state index contributed by atoms with van der Waals surface area (Å²) >= 11 is -2.42. The Hall–Kier alpha value is -0.481. The minimum atomic E-state index is -2.42. The molecule has 2 nitrogen and oxygen atoms in total. The van der Waals surface area contributed by atoms with Gasteiger partial charge in [-0.1, -0.05) is 0 Å². The molecule has 3 heteroatoms. The second-order valence-electron chi connectivity index (χ2n) is 12.7. The second kappa shape index (κ2) is 11.5. The first-order valence-corrected chi connectivity index (χ1v) is 22.8. The molecule has 1 aromatic rings. The van der Waals surface area contributed by atoms with Gasteiger partial charge >= 0.3 is 221 Å². The SMILES string of the molecule is CCC[CH2][Sn](/[CH]=C\[C@]1(O)CC[C@H]2[C@@H]3CCc4cc(O)ccc4[C@H]3CC[C@@]21C)([CH2]CCC)[CH2]CCC. The maximum atomic E-state index is 12.3. The van der Waals surface area contributed by atoms with Gasteiger partial charge in [-0.25, -0.2) is 0 Å². The summed E-state index contributed by atoms with van der Waals surface area (Å²) in [5.74, 6) is 2.32. The summed E-state index contributed by atoms with van der Waals surface area (Å²) in [6, 6.07) is 6.09. The number of phenols is 1. The summed E-state index contributed by atoms with van der Waals surface area (Å²) in [6.07, 6.45) is 17.2. The number of hydrogen-bond acceptors (Lipinski definition) is 2. The van der Waals surface area contributed by atoms with Crippen LogP contribution in [0.4, 0.5) is 0 Å². The van der Waals surface area contributed by atoms with E-state index in [1.807, 2.05) is 12.1 Å². The summed E-state index contributed by atoms with van der Waals surface area (Å²) in [6.45, 7) is 9.48. The fourth-order valence-corrected chi connectivity index (χ4v) is 22.8. The second-order valence-corrected chi connectivity index (χ2v) is 25.7. The van der Waals surface area contributed by atoms with E-state index in [2.05, 4.69) is 43.9 Å². The summed E-state index contributed by atoms with van der Waals surface area (Å²) in [7, 11) is 0. The van der Waals surface area contributed by atoms with Gasteiger partial charge in [0.15, 0.2) is 0 Å². The third-order valence-electron chi connectivity index (χ3n) is 10.7. The summed E-state index contributed by atoms with van der Waals surface area (Å²) < 4.78 is 7.18. The number of hydrogen-bond donors (Lipinski definition) is 2. The van der Waals surface area contributed by atoms with Gasteiger partial charge < -0.3 is 0 Å². The van der Waals surface area contributed by atoms with Crippen LogP contribution in [0.25, 0.3) is 0 Å². The van der Waals surface area contributed by atoms with Gasteiger partial charge in [0, 0.05) is 0 Å². The van der Waals surface area contributed by atoms with Gasteiger partial charge in [0.2, 0.25) is 0 Å². The number of aliphatic hydroxyl groups is 1. The molecule has 2 saturated carbocycles. The molecule has 0 saturated heterocycles. The van der Waals surface area contributed by atoms with E-state index < -0.39 is 24.0 Å². The van der Waals surface area contributed by atoms with Crippen molar-refractivity contribution in [2.75, 3.05) is 0 Å². The number of fused-ring (bicyclic) bond motifs is 5. The number of aryl methyl sites for hydroxylation is 1. The van der Waals surface area contributed by atoms with Crippen molar-refractivity contribution in [2.45, 2.75) is 130 Å². The fraction of sp³-hybridized carbons (Fsp3) is 0.750. The van der Waals surface area contributed by atoms with Crippen LogP contribution in [0.5, 0.6) is 5.75 Å². The Morgan fingerprint density at radius 1 is 0.943 bits per heavy atom.